The topological polar surface area (TPSA) is 98.8 Å². The van der Waals surface area contributed by atoms with Crippen LogP contribution in [0.2, 0.25) is 0 Å². The molecule has 2 aliphatic rings. The van der Waals surface area contributed by atoms with Crippen LogP contribution in [0, 0.1) is 0 Å². The van der Waals surface area contributed by atoms with Crippen molar-refractivity contribution in [3.8, 4) is 0 Å². The highest BCUT2D eigenvalue weighted by atomic mass is 79.9. The van der Waals surface area contributed by atoms with E-state index in [0.717, 1.165) is 16.7 Å². The molecule has 0 atom stereocenters. The fourth-order valence-corrected chi connectivity index (χ4v) is 4.06. The Hall–Kier alpha value is -3.20. The van der Waals surface area contributed by atoms with E-state index in [4.69, 9.17) is 0 Å². The van der Waals surface area contributed by atoms with E-state index >= 15 is 0 Å². The van der Waals surface area contributed by atoms with Crippen LogP contribution in [0.15, 0.2) is 46.9 Å². The summed E-state index contributed by atoms with van der Waals surface area (Å²) in [5.41, 5.74) is 2.35. The minimum atomic E-state index is -0.330. The molecular formula is C22H21BrN4O4. The van der Waals surface area contributed by atoms with Crippen LogP contribution in [-0.2, 0) is 9.59 Å². The summed E-state index contributed by atoms with van der Waals surface area (Å²) in [6, 6.07) is 12.3. The number of carbonyl (C=O) groups excluding carboxylic acids is 4. The summed E-state index contributed by atoms with van der Waals surface area (Å²) in [6.07, 6.45) is 0.560. The van der Waals surface area contributed by atoms with E-state index in [0.29, 0.717) is 36.3 Å². The van der Waals surface area contributed by atoms with Crippen molar-refractivity contribution in [2.24, 2.45) is 0 Å². The van der Waals surface area contributed by atoms with Crippen LogP contribution in [0.5, 0.6) is 0 Å². The third-order valence-electron chi connectivity index (χ3n) is 5.27. The van der Waals surface area contributed by atoms with Crippen molar-refractivity contribution >= 4 is 50.9 Å². The van der Waals surface area contributed by atoms with Gasteiger partial charge in [-0.3, -0.25) is 24.1 Å². The molecule has 0 unspecified atom stereocenters. The molecule has 0 bridgehead atoms. The van der Waals surface area contributed by atoms with Crippen LogP contribution in [0.1, 0.15) is 33.6 Å². The number of amides is 4. The number of imide groups is 1. The molecule has 0 aromatic heterocycles. The first kappa shape index (κ1) is 21.0. The van der Waals surface area contributed by atoms with Gasteiger partial charge in [-0.15, -0.1) is 0 Å². The number of nitrogens with zero attached hydrogens (tertiary/aromatic N) is 2. The zero-order chi connectivity index (χ0) is 22.0. The van der Waals surface area contributed by atoms with Crippen molar-refractivity contribution < 1.29 is 19.2 Å². The molecule has 2 N–H and O–H groups in total. The Bertz CT molecular complexity index is 1050. The third kappa shape index (κ3) is 4.61. The number of piperazine rings is 1. The Morgan fingerprint density at radius 2 is 1.77 bits per heavy atom. The molecule has 2 aromatic carbocycles. The van der Waals surface area contributed by atoms with Gasteiger partial charge >= 0.3 is 0 Å². The Kier molecular flexibility index (Phi) is 6.03. The maximum Gasteiger partial charge on any atom is 0.261 e. The highest BCUT2D eigenvalue weighted by Gasteiger charge is 2.35. The number of carbonyl (C=O) groups is 4. The maximum absolute atomic E-state index is 12.5. The van der Waals surface area contributed by atoms with Gasteiger partial charge in [0, 0.05) is 41.9 Å². The van der Waals surface area contributed by atoms with Crippen molar-refractivity contribution in [2.45, 2.75) is 12.8 Å². The molecule has 2 aromatic rings. The van der Waals surface area contributed by atoms with E-state index in [1.165, 1.54) is 4.90 Å². The smallest absolute Gasteiger partial charge is 0.261 e. The molecule has 2 aliphatic heterocycles. The van der Waals surface area contributed by atoms with Gasteiger partial charge in [-0.25, -0.2) is 0 Å². The van der Waals surface area contributed by atoms with Crippen LogP contribution in [0.3, 0.4) is 0 Å². The predicted molar refractivity (Wildman–Crippen MR) is 119 cm³/mol. The number of fused-ring (bicyclic) bond motifs is 1. The van der Waals surface area contributed by atoms with Crippen molar-refractivity contribution in [1.82, 2.24) is 10.2 Å². The molecule has 9 heteroatoms. The van der Waals surface area contributed by atoms with E-state index in [1.807, 2.05) is 17.0 Å². The first-order chi connectivity index (χ1) is 14.9. The van der Waals surface area contributed by atoms with Gasteiger partial charge in [0.15, 0.2) is 0 Å². The second-order valence-electron chi connectivity index (χ2n) is 7.42. The molecule has 8 nitrogen and oxygen atoms in total. The van der Waals surface area contributed by atoms with Gasteiger partial charge in [0.1, 0.15) is 0 Å². The quantitative estimate of drug-likeness (QED) is 0.613. The second kappa shape index (κ2) is 8.89. The summed E-state index contributed by atoms with van der Waals surface area (Å²) in [4.78, 5) is 51.8. The number of rotatable bonds is 6. The van der Waals surface area contributed by atoms with Gasteiger partial charge in [0.25, 0.3) is 11.8 Å². The highest BCUT2D eigenvalue weighted by molar-refractivity contribution is 9.10. The molecule has 31 heavy (non-hydrogen) atoms. The lowest BCUT2D eigenvalue weighted by atomic mass is 10.1. The van der Waals surface area contributed by atoms with Crippen LogP contribution >= 0.6 is 15.9 Å². The van der Waals surface area contributed by atoms with Gasteiger partial charge in [-0.2, -0.15) is 0 Å². The molecule has 0 saturated carbocycles. The molecule has 4 rings (SSSR count). The summed E-state index contributed by atoms with van der Waals surface area (Å²) in [5, 5.41) is 5.61. The SMILES string of the molecule is O=C1CN(c2ccc(NC(=O)CCCN3C(=O)c4ccc(Br)cc4C3=O)cc2)CCN1. The zero-order valence-corrected chi connectivity index (χ0v) is 18.3. The summed E-state index contributed by atoms with van der Waals surface area (Å²) in [7, 11) is 0. The maximum atomic E-state index is 12.5. The molecule has 2 heterocycles. The van der Waals surface area contributed by atoms with E-state index in [2.05, 4.69) is 26.6 Å². The minimum Gasteiger partial charge on any atom is -0.360 e. The average molecular weight is 485 g/mol. The van der Waals surface area contributed by atoms with E-state index in [1.54, 1.807) is 30.3 Å². The Balaban J connectivity index is 1.27. The van der Waals surface area contributed by atoms with Gasteiger partial charge in [0.2, 0.25) is 11.8 Å². The molecule has 0 radical (unpaired) electrons. The third-order valence-corrected chi connectivity index (χ3v) is 5.77. The lowest BCUT2D eigenvalue weighted by Gasteiger charge is -2.28. The minimum absolute atomic E-state index is 0.00525. The fourth-order valence-electron chi connectivity index (χ4n) is 3.70. The van der Waals surface area contributed by atoms with E-state index in [9.17, 15) is 19.2 Å². The number of benzene rings is 2. The van der Waals surface area contributed by atoms with Crippen molar-refractivity contribution in [3.63, 3.8) is 0 Å². The largest absolute Gasteiger partial charge is 0.360 e. The lowest BCUT2D eigenvalue weighted by molar-refractivity contribution is -0.120. The Morgan fingerprint density at radius 1 is 1.03 bits per heavy atom. The predicted octanol–water partition coefficient (Wildman–Crippen LogP) is 2.40. The number of anilines is 2. The number of hydrogen-bond donors (Lipinski definition) is 2. The standard InChI is InChI=1S/C22H21BrN4O4/c23-14-3-8-17-18(12-14)22(31)27(21(17)30)10-1-2-19(28)25-15-4-6-16(7-5-15)26-11-9-24-20(29)13-26/h3-8,12H,1-2,9-11,13H2,(H,24,29)(H,25,28). The van der Waals surface area contributed by atoms with Crippen LogP contribution in [-0.4, -0.2) is 54.7 Å². The Morgan fingerprint density at radius 3 is 2.52 bits per heavy atom. The number of nitrogens with one attached hydrogen (secondary N) is 2. The van der Waals surface area contributed by atoms with E-state index in [-0.39, 0.29) is 36.6 Å². The van der Waals surface area contributed by atoms with Gasteiger partial charge < -0.3 is 15.5 Å². The van der Waals surface area contributed by atoms with Crippen molar-refractivity contribution in [2.75, 3.05) is 36.4 Å². The molecular weight excluding hydrogens is 464 g/mol. The van der Waals surface area contributed by atoms with Gasteiger partial charge in [-0.1, -0.05) is 15.9 Å². The Labute approximate surface area is 187 Å². The van der Waals surface area contributed by atoms with Gasteiger partial charge in [-0.05, 0) is 48.9 Å². The normalized spacial score (nSPS) is 15.7. The summed E-state index contributed by atoms with van der Waals surface area (Å²) >= 11 is 3.31. The van der Waals surface area contributed by atoms with Gasteiger partial charge in [0.05, 0.1) is 17.7 Å². The summed E-state index contributed by atoms with van der Waals surface area (Å²) < 4.78 is 0.739. The molecule has 0 spiro atoms. The average Bonchev–Trinajstić information content (AvgIpc) is 2.98. The lowest BCUT2D eigenvalue weighted by Crippen LogP contribution is -2.47. The summed E-state index contributed by atoms with van der Waals surface area (Å²) in [6.45, 7) is 1.86. The molecule has 4 amide bonds. The molecule has 1 fully saturated rings. The second-order valence-corrected chi connectivity index (χ2v) is 8.34. The highest BCUT2D eigenvalue weighted by Crippen LogP contribution is 2.26. The monoisotopic (exact) mass is 484 g/mol. The van der Waals surface area contributed by atoms with Crippen molar-refractivity contribution in [1.29, 1.82) is 0 Å². The van der Waals surface area contributed by atoms with Crippen molar-refractivity contribution in [3.05, 3.63) is 58.1 Å². The van der Waals surface area contributed by atoms with Crippen LogP contribution in [0.4, 0.5) is 11.4 Å². The van der Waals surface area contributed by atoms with Crippen LogP contribution in [0.25, 0.3) is 0 Å². The summed E-state index contributed by atoms with van der Waals surface area (Å²) in [5.74, 6) is -0.850. The van der Waals surface area contributed by atoms with Crippen LogP contribution < -0.4 is 15.5 Å². The zero-order valence-electron chi connectivity index (χ0n) is 16.7. The molecule has 1 saturated heterocycles. The molecule has 160 valence electrons. The first-order valence-electron chi connectivity index (χ1n) is 10.00. The van der Waals surface area contributed by atoms with E-state index < -0.39 is 0 Å². The number of halogens is 1. The first-order valence-corrected chi connectivity index (χ1v) is 10.8. The molecule has 0 aliphatic carbocycles. The fraction of sp³-hybridized carbons (Fsp3) is 0.273. The number of hydrogen-bond acceptors (Lipinski definition) is 5.